The van der Waals surface area contributed by atoms with E-state index in [2.05, 4.69) is 16.8 Å². The molecule has 0 bridgehead atoms. The molecule has 2 N–H and O–H groups in total. The molecule has 6 nitrogen and oxygen atoms in total. The van der Waals surface area contributed by atoms with E-state index in [0.717, 1.165) is 38.3 Å². The summed E-state index contributed by atoms with van der Waals surface area (Å²) < 4.78 is 1.79. The molecule has 2 atom stereocenters. The Kier molecular flexibility index (Phi) is 3.52. The number of likely N-dealkylation sites (tertiary alicyclic amines) is 1. The molecule has 1 saturated heterocycles. The van der Waals surface area contributed by atoms with Crippen LogP contribution in [0.1, 0.15) is 60.3 Å². The number of aliphatic hydroxyl groups excluding tert-OH is 1. The monoisotopic (exact) mass is 279 g/mol. The maximum atomic E-state index is 11.4. The Bertz CT molecular complexity index is 526. The fourth-order valence-electron chi connectivity index (χ4n) is 3.43. The zero-order valence-corrected chi connectivity index (χ0v) is 11.7. The van der Waals surface area contributed by atoms with Gasteiger partial charge in [0.05, 0.1) is 5.69 Å². The van der Waals surface area contributed by atoms with Crippen LogP contribution in [0.5, 0.6) is 0 Å². The minimum Gasteiger partial charge on any atom is -0.476 e. The molecule has 0 amide bonds. The molecule has 3 rings (SSSR count). The highest BCUT2D eigenvalue weighted by Crippen LogP contribution is 2.34. The first-order valence-corrected chi connectivity index (χ1v) is 7.36. The van der Waals surface area contributed by atoms with Gasteiger partial charge in [0.15, 0.2) is 5.69 Å². The van der Waals surface area contributed by atoms with Crippen LogP contribution in [-0.2, 0) is 6.42 Å². The number of aromatic nitrogens is 2. The van der Waals surface area contributed by atoms with Gasteiger partial charge in [0.2, 0.25) is 0 Å². The highest BCUT2D eigenvalue weighted by molar-refractivity contribution is 5.87. The molecule has 1 fully saturated rings. The Balaban J connectivity index is 2.00. The van der Waals surface area contributed by atoms with Crippen molar-refractivity contribution < 1.29 is 15.0 Å². The van der Waals surface area contributed by atoms with Crippen molar-refractivity contribution in [2.24, 2.45) is 0 Å². The zero-order chi connectivity index (χ0) is 14.3. The quantitative estimate of drug-likeness (QED) is 0.869. The highest BCUT2D eigenvalue weighted by Gasteiger charge is 2.34. The van der Waals surface area contributed by atoms with Gasteiger partial charge in [-0.25, -0.2) is 9.78 Å². The lowest BCUT2D eigenvalue weighted by Crippen LogP contribution is -2.23. The SMILES string of the molecule is CCN1CCC(c2nc(C(=O)O)c3n2C(O)CCC3)C1. The van der Waals surface area contributed by atoms with Crippen LogP contribution < -0.4 is 0 Å². The largest absolute Gasteiger partial charge is 0.476 e. The molecule has 2 aliphatic rings. The van der Waals surface area contributed by atoms with Gasteiger partial charge in [0.25, 0.3) is 0 Å². The van der Waals surface area contributed by atoms with E-state index in [1.165, 1.54) is 0 Å². The average Bonchev–Trinajstić information content (AvgIpc) is 3.02. The van der Waals surface area contributed by atoms with Crippen LogP contribution in [0.15, 0.2) is 0 Å². The zero-order valence-electron chi connectivity index (χ0n) is 11.7. The van der Waals surface area contributed by atoms with E-state index in [1.807, 2.05) is 0 Å². The summed E-state index contributed by atoms with van der Waals surface area (Å²) in [6, 6.07) is 0. The molecule has 20 heavy (non-hydrogen) atoms. The van der Waals surface area contributed by atoms with Crippen LogP contribution in [0, 0.1) is 0 Å². The van der Waals surface area contributed by atoms with Crippen molar-refractivity contribution in [3.05, 3.63) is 17.2 Å². The van der Waals surface area contributed by atoms with Crippen molar-refractivity contribution in [1.29, 1.82) is 0 Å². The van der Waals surface area contributed by atoms with E-state index in [-0.39, 0.29) is 11.6 Å². The molecule has 6 heteroatoms. The van der Waals surface area contributed by atoms with Crippen LogP contribution in [0.4, 0.5) is 0 Å². The number of aromatic carboxylic acids is 1. The first-order chi connectivity index (χ1) is 9.61. The van der Waals surface area contributed by atoms with E-state index >= 15 is 0 Å². The molecule has 0 aromatic carbocycles. The third kappa shape index (κ3) is 2.13. The van der Waals surface area contributed by atoms with E-state index in [1.54, 1.807) is 4.57 Å². The van der Waals surface area contributed by atoms with Crippen LogP contribution in [-0.4, -0.2) is 50.3 Å². The summed E-state index contributed by atoms with van der Waals surface area (Å²) in [5, 5.41) is 19.6. The molecule has 0 saturated carbocycles. The Labute approximate surface area is 118 Å². The number of rotatable bonds is 3. The predicted octanol–water partition coefficient (Wildman–Crippen LogP) is 1.22. The fourth-order valence-corrected chi connectivity index (χ4v) is 3.43. The Morgan fingerprint density at radius 2 is 2.25 bits per heavy atom. The molecule has 1 aromatic rings. The van der Waals surface area contributed by atoms with Gasteiger partial charge in [-0.3, -0.25) is 0 Å². The minimum absolute atomic E-state index is 0.133. The number of carboxylic acid groups (broad SMARTS) is 1. The number of likely N-dealkylation sites (N-methyl/N-ethyl adjacent to an activating group) is 1. The van der Waals surface area contributed by atoms with Crippen LogP contribution in [0.3, 0.4) is 0 Å². The van der Waals surface area contributed by atoms with Crippen molar-refractivity contribution >= 4 is 5.97 Å². The molecule has 0 spiro atoms. The molecule has 0 aliphatic carbocycles. The van der Waals surface area contributed by atoms with E-state index in [9.17, 15) is 15.0 Å². The number of carboxylic acids is 1. The van der Waals surface area contributed by atoms with Crippen LogP contribution in [0.2, 0.25) is 0 Å². The molecule has 1 aromatic heterocycles. The Morgan fingerprint density at radius 1 is 1.45 bits per heavy atom. The van der Waals surface area contributed by atoms with Crippen molar-refractivity contribution in [1.82, 2.24) is 14.5 Å². The number of hydrogen-bond acceptors (Lipinski definition) is 4. The maximum absolute atomic E-state index is 11.4. The normalized spacial score (nSPS) is 26.7. The first kappa shape index (κ1) is 13.6. The van der Waals surface area contributed by atoms with E-state index in [0.29, 0.717) is 18.5 Å². The molecule has 3 heterocycles. The lowest BCUT2D eigenvalue weighted by molar-refractivity contribution is 0.0673. The average molecular weight is 279 g/mol. The number of fused-ring (bicyclic) bond motifs is 1. The van der Waals surface area contributed by atoms with Gasteiger partial charge in [-0.15, -0.1) is 0 Å². The lowest BCUT2D eigenvalue weighted by Gasteiger charge is -2.24. The Hall–Kier alpha value is -1.40. The summed E-state index contributed by atoms with van der Waals surface area (Å²) in [5.74, 6) is 0.00884. The molecular formula is C14H21N3O3. The lowest BCUT2D eigenvalue weighted by atomic mass is 10.0. The Morgan fingerprint density at radius 3 is 2.90 bits per heavy atom. The molecular weight excluding hydrogens is 258 g/mol. The molecule has 0 radical (unpaired) electrons. The van der Waals surface area contributed by atoms with E-state index < -0.39 is 12.2 Å². The van der Waals surface area contributed by atoms with Crippen molar-refractivity contribution in [3.8, 4) is 0 Å². The number of carbonyl (C=O) groups is 1. The number of imidazole rings is 1. The first-order valence-electron chi connectivity index (χ1n) is 7.36. The van der Waals surface area contributed by atoms with Gasteiger partial charge in [-0.2, -0.15) is 0 Å². The van der Waals surface area contributed by atoms with Crippen LogP contribution >= 0.6 is 0 Å². The predicted molar refractivity (Wildman–Crippen MR) is 72.9 cm³/mol. The van der Waals surface area contributed by atoms with Gasteiger partial charge in [-0.1, -0.05) is 6.92 Å². The second-order valence-corrected chi connectivity index (χ2v) is 5.69. The molecule has 110 valence electrons. The van der Waals surface area contributed by atoms with Gasteiger partial charge < -0.3 is 19.7 Å². The molecule has 2 aliphatic heterocycles. The summed E-state index contributed by atoms with van der Waals surface area (Å²) in [5.41, 5.74) is 0.829. The van der Waals surface area contributed by atoms with Gasteiger partial charge >= 0.3 is 5.97 Å². The third-order valence-electron chi connectivity index (χ3n) is 4.50. The highest BCUT2D eigenvalue weighted by atomic mass is 16.4. The second-order valence-electron chi connectivity index (χ2n) is 5.69. The number of nitrogens with zero attached hydrogens (tertiary/aromatic N) is 3. The van der Waals surface area contributed by atoms with Gasteiger partial charge in [0.1, 0.15) is 12.1 Å². The second kappa shape index (κ2) is 5.18. The van der Waals surface area contributed by atoms with Crippen molar-refractivity contribution in [3.63, 3.8) is 0 Å². The topological polar surface area (TPSA) is 78.6 Å². The third-order valence-corrected chi connectivity index (χ3v) is 4.50. The number of hydrogen-bond donors (Lipinski definition) is 2. The standard InChI is InChI=1S/C14H21N3O3/c1-2-16-7-6-9(8-16)13-15-12(14(19)20)10-4-3-5-11(18)17(10)13/h9,11,18H,2-8H2,1H3,(H,19,20). The fraction of sp³-hybridized carbons (Fsp3) is 0.714. The summed E-state index contributed by atoms with van der Waals surface area (Å²) in [4.78, 5) is 18.1. The maximum Gasteiger partial charge on any atom is 0.356 e. The van der Waals surface area contributed by atoms with Gasteiger partial charge in [-0.05, 0) is 38.8 Å². The minimum atomic E-state index is -0.987. The van der Waals surface area contributed by atoms with Crippen LogP contribution in [0.25, 0.3) is 0 Å². The summed E-state index contributed by atoms with van der Waals surface area (Å²) in [6.07, 6.45) is 2.55. The molecule has 2 unspecified atom stereocenters. The smallest absolute Gasteiger partial charge is 0.356 e. The van der Waals surface area contributed by atoms with Gasteiger partial charge in [0, 0.05) is 12.5 Å². The van der Waals surface area contributed by atoms with E-state index in [4.69, 9.17) is 0 Å². The number of aliphatic hydroxyl groups is 1. The van der Waals surface area contributed by atoms with Crippen molar-refractivity contribution in [2.75, 3.05) is 19.6 Å². The van der Waals surface area contributed by atoms with Crippen molar-refractivity contribution in [2.45, 2.75) is 44.8 Å². The summed E-state index contributed by atoms with van der Waals surface area (Å²) in [6.45, 7) is 5.04. The summed E-state index contributed by atoms with van der Waals surface area (Å²) >= 11 is 0. The summed E-state index contributed by atoms with van der Waals surface area (Å²) in [7, 11) is 0.